The van der Waals surface area contributed by atoms with Crippen LogP contribution in [0, 0.1) is 10.1 Å². The number of nitrogens with two attached hydrogens (primary N) is 1. The molecule has 202 valence electrons. The van der Waals surface area contributed by atoms with E-state index in [1.165, 1.54) is 0 Å². The molecule has 11 heteroatoms. The third kappa shape index (κ3) is 9.05. The van der Waals surface area contributed by atoms with Crippen LogP contribution in [0.25, 0.3) is 0 Å². The summed E-state index contributed by atoms with van der Waals surface area (Å²) in [7, 11) is 0. The Morgan fingerprint density at radius 1 is 0.923 bits per heavy atom. The van der Waals surface area contributed by atoms with Crippen LogP contribution in [-0.2, 0) is 16.0 Å². The molecule has 3 aromatic carbocycles. The molecular weight excluding hydrogens is 561 g/mol. The van der Waals surface area contributed by atoms with Gasteiger partial charge in [-0.15, -0.1) is 0 Å². The van der Waals surface area contributed by atoms with Crippen LogP contribution in [-0.4, -0.2) is 61.9 Å². The van der Waals surface area contributed by atoms with E-state index in [0.29, 0.717) is 12.0 Å². The van der Waals surface area contributed by atoms with E-state index in [9.17, 15) is 24.8 Å². The molecule has 2 radical (unpaired) electrons. The molecule has 39 heavy (non-hydrogen) atoms. The maximum absolute atomic E-state index is 13.7. The molecule has 0 aliphatic rings. The second-order valence-electron chi connectivity index (χ2n) is 8.87. The van der Waals surface area contributed by atoms with Crippen LogP contribution in [0.3, 0.4) is 0 Å². The summed E-state index contributed by atoms with van der Waals surface area (Å²) in [5, 5.41) is 28.8. The van der Waals surface area contributed by atoms with Crippen LogP contribution in [0.15, 0.2) is 90.0 Å². The van der Waals surface area contributed by atoms with Crippen molar-refractivity contribution in [3.63, 3.8) is 0 Å². The number of aromatic hydroxyl groups is 1. The van der Waals surface area contributed by atoms with Crippen LogP contribution in [0.4, 0.5) is 0 Å². The first-order chi connectivity index (χ1) is 18.8. The molecular formula is C28H30AsN5O5. The summed E-state index contributed by atoms with van der Waals surface area (Å²) in [5.74, 6) is -1.32. The van der Waals surface area contributed by atoms with Crippen LogP contribution in [0.5, 0.6) is 5.75 Å². The fourth-order valence-electron chi connectivity index (χ4n) is 4.11. The van der Waals surface area contributed by atoms with Crippen molar-refractivity contribution in [1.82, 2.24) is 10.6 Å². The van der Waals surface area contributed by atoms with Crippen molar-refractivity contribution in [1.29, 1.82) is 0 Å². The summed E-state index contributed by atoms with van der Waals surface area (Å²) >= 11 is 1.97. The molecule has 10 nitrogen and oxygen atoms in total. The number of amides is 2. The van der Waals surface area contributed by atoms with Gasteiger partial charge in [0.05, 0.1) is 0 Å². The zero-order valence-corrected chi connectivity index (χ0v) is 23.0. The molecule has 3 rings (SSSR count). The number of nitro groups is 1. The van der Waals surface area contributed by atoms with E-state index in [1.54, 1.807) is 24.3 Å². The number of phenols is 1. The molecule has 0 bridgehead atoms. The molecule has 2 atom stereocenters. The molecule has 0 aromatic heterocycles. The summed E-state index contributed by atoms with van der Waals surface area (Å²) < 4.78 is 0.0592. The molecule has 0 aliphatic heterocycles. The van der Waals surface area contributed by atoms with Gasteiger partial charge in [0.2, 0.25) is 0 Å². The van der Waals surface area contributed by atoms with E-state index in [1.807, 2.05) is 77.5 Å². The summed E-state index contributed by atoms with van der Waals surface area (Å²) in [6, 6.07) is 23.6. The van der Waals surface area contributed by atoms with E-state index in [0.717, 1.165) is 11.1 Å². The Balaban J connectivity index is 1.78. The number of para-hydroxylation sites is 1. The van der Waals surface area contributed by atoms with Gasteiger partial charge >= 0.3 is 230 Å². The minimum absolute atomic E-state index is 0.0592. The number of carbonyl (C=O) groups excluding carboxylic acids is 2. The second-order valence-corrected chi connectivity index (χ2v) is 9.83. The Labute approximate surface area is 235 Å². The van der Waals surface area contributed by atoms with Crippen molar-refractivity contribution in [2.24, 2.45) is 10.8 Å². The maximum atomic E-state index is 13.7. The van der Waals surface area contributed by atoms with Gasteiger partial charge in [0.1, 0.15) is 0 Å². The number of rotatable bonds is 13. The summed E-state index contributed by atoms with van der Waals surface area (Å²) in [4.78, 5) is 37.6. The summed E-state index contributed by atoms with van der Waals surface area (Å²) in [6.45, 7) is 0.230. The molecule has 0 saturated carbocycles. The molecule has 0 aliphatic carbocycles. The predicted molar refractivity (Wildman–Crippen MR) is 149 cm³/mol. The Bertz CT molecular complexity index is 1250. The van der Waals surface area contributed by atoms with Crippen molar-refractivity contribution in [3.8, 4) is 5.75 Å². The molecule has 0 spiro atoms. The molecule has 0 saturated heterocycles. The van der Waals surface area contributed by atoms with Gasteiger partial charge in [0.15, 0.2) is 0 Å². The van der Waals surface area contributed by atoms with E-state index in [-0.39, 0.29) is 35.5 Å². The predicted octanol–water partition coefficient (Wildman–Crippen LogP) is 2.23. The van der Waals surface area contributed by atoms with Crippen LogP contribution in [0.2, 0.25) is 0 Å². The Morgan fingerprint density at radius 3 is 2.05 bits per heavy atom. The van der Waals surface area contributed by atoms with Crippen molar-refractivity contribution in [2.45, 2.75) is 37.3 Å². The third-order valence-electron chi connectivity index (χ3n) is 6.13. The Morgan fingerprint density at radius 2 is 1.49 bits per heavy atom. The van der Waals surface area contributed by atoms with Gasteiger partial charge in [0, 0.05) is 0 Å². The summed E-state index contributed by atoms with van der Waals surface area (Å²) in [6.07, 6.45) is 0.683. The molecule has 0 heterocycles. The quantitative estimate of drug-likeness (QED) is 0.103. The van der Waals surface area contributed by atoms with Crippen LogP contribution in [0.1, 0.15) is 35.4 Å². The molecule has 2 amide bonds. The van der Waals surface area contributed by atoms with E-state index in [4.69, 9.17) is 5.73 Å². The van der Waals surface area contributed by atoms with Crippen molar-refractivity contribution in [2.75, 3.05) is 6.54 Å². The van der Waals surface area contributed by atoms with Gasteiger partial charge in [-0.1, -0.05) is 6.07 Å². The van der Waals surface area contributed by atoms with Crippen molar-refractivity contribution in [3.05, 3.63) is 112 Å². The van der Waals surface area contributed by atoms with Crippen molar-refractivity contribution < 1.29 is 19.7 Å². The first-order valence-corrected chi connectivity index (χ1v) is 13.3. The number of carbonyl (C=O) groups is 2. The number of nitrogens with one attached hydrogen (secondary N) is 2. The number of benzene rings is 3. The topological polar surface area (TPSA) is 160 Å². The van der Waals surface area contributed by atoms with Crippen LogP contribution < -0.4 is 16.4 Å². The van der Waals surface area contributed by atoms with Gasteiger partial charge < -0.3 is 0 Å². The Kier molecular flexibility index (Phi) is 11.2. The van der Waals surface area contributed by atoms with Gasteiger partial charge in [-0.3, -0.25) is 0 Å². The zero-order valence-electron chi connectivity index (χ0n) is 21.1. The Hall–Kier alpha value is -4.01. The minimum atomic E-state index is -0.959. The molecule has 3 aromatic rings. The fourth-order valence-corrected chi connectivity index (χ4v) is 4.53. The molecule has 1 unspecified atom stereocenters. The van der Waals surface area contributed by atoms with Gasteiger partial charge in [-0.25, -0.2) is 0 Å². The van der Waals surface area contributed by atoms with Crippen LogP contribution >= 0.6 is 0 Å². The number of phenolic OH excluding ortho intramolecular Hbond substituents is 1. The SMILES string of the molecule is NC(CC[C@H](NC(=O)C(c1ccccc1)c1ccccc1)C(=O)NCCc1ccccc1O)C([As])=N[N+](=O)[O-]. The van der Waals surface area contributed by atoms with E-state index < -0.39 is 28.9 Å². The number of hydrogen-bond acceptors (Lipinski definition) is 6. The van der Waals surface area contributed by atoms with Crippen molar-refractivity contribution >= 4 is 33.2 Å². The average Bonchev–Trinajstić information content (AvgIpc) is 2.92. The van der Waals surface area contributed by atoms with E-state index in [2.05, 4.69) is 15.7 Å². The normalized spacial score (nSPS) is 12.9. The fraction of sp³-hybridized carbons (Fsp3) is 0.250. The third-order valence-corrected chi connectivity index (χ3v) is 7.01. The molecule has 0 fully saturated rings. The average molecular weight is 592 g/mol. The first-order valence-electron chi connectivity index (χ1n) is 12.4. The number of hydrazone groups is 1. The molecule has 5 N–H and O–H groups in total. The monoisotopic (exact) mass is 591 g/mol. The number of nitrogens with zero attached hydrogens (tertiary/aromatic N) is 2. The van der Waals surface area contributed by atoms with E-state index >= 15 is 0 Å². The second kappa shape index (κ2) is 14.8. The first kappa shape index (κ1) is 29.5. The number of hydrogen-bond donors (Lipinski definition) is 4. The summed E-state index contributed by atoms with van der Waals surface area (Å²) in [5.41, 5.74) is 8.27. The zero-order chi connectivity index (χ0) is 28.2. The standard InChI is InChI=1S/C28H30AsN5O5/c29-26(33-34(38)39)22(30)15-16-23(27(36)31-18-17-19-9-7-8-14-24(19)35)32-28(37)25(20-10-3-1-4-11-20)21-12-5-2-6-13-21/h1-14,22-23,25,35H,15-18,30H2,(H,31,36)(H,32,37)/t22?,23-/m0/s1. The van der Waals surface area contributed by atoms with Gasteiger partial charge in [-0.2, -0.15) is 0 Å². The van der Waals surface area contributed by atoms with Gasteiger partial charge in [0.25, 0.3) is 0 Å². The van der Waals surface area contributed by atoms with Gasteiger partial charge in [-0.05, 0) is 0 Å².